The fourth-order valence-electron chi connectivity index (χ4n) is 1.59. The van der Waals surface area contributed by atoms with Gasteiger partial charge in [-0.05, 0) is 28.6 Å². The molecule has 2 rings (SSSR count). The van der Waals surface area contributed by atoms with Gasteiger partial charge in [0.15, 0.2) is 5.82 Å². The van der Waals surface area contributed by atoms with Gasteiger partial charge >= 0.3 is 0 Å². The number of hydrogen-bond acceptors (Lipinski definition) is 5. The lowest BCUT2D eigenvalue weighted by atomic mass is 10.2. The number of anilines is 1. The number of aromatic nitrogens is 4. The third-order valence-corrected chi connectivity index (χ3v) is 2.47. The molecule has 1 aromatic carbocycles. The first-order valence-electron chi connectivity index (χ1n) is 5.35. The molecule has 2 aromatic rings. The number of ether oxygens (including phenoxy) is 1. The zero-order valence-corrected chi connectivity index (χ0v) is 10.1. The van der Waals surface area contributed by atoms with Gasteiger partial charge in [0.1, 0.15) is 5.75 Å². The summed E-state index contributed by atoms with van der Waals surface area (Å²) in [6.45, 7) is 4.07. The molecular formula is C11H15N5O. The summed E-state index contributed by atoms with van der Waals surface area (Å²) in [7, 11) is 1.59. The van der Waals surface area contributed by atoms with Crippen molar-refractivity contribution in [3.8, 4) is 11.4 Å². The van der Waals surface area contributed by atoms with Crippen LogP contribution >= 0.6 is 0 Å². The maximum atomic E-state index is 5.86. The van der Waals surface area contributed by atoms with Gasteiger partial charge in [0.2, 0.25) is 0 Å². The van der Waals surface area contributed by atoms with Crippen molar-refractivity contribution in [3.63, 3.8) is 0 Å². The van der Waals surface area contributed by atoms with E-state index in [9.17, 15) is 0 Å². The van der Waals surface area contributed by atoms with Gasteiger partial charge in [-0.25, -0.2) is 0 Å². The minimum absolute atomic E-state index is 0.244. The molecule has 0 spiro atoms. The van der Waals surface area contributed by atoms with Crippen LogP contribution in [0.25, 0.3) is 5.69 Å². The number of nitrogens with zero attached hydrogens (tertiary/aromatic N) is 4. The van der Waals surface area contributed by atoms with Gasteiger partial charge in [-0.3, -0.25) is 0 Å². The minimum atomic E-state index is 0.244. The van der Waals surface area contributed by atoms with E-state index in [0.717, 1.165) is 11.5 Å². The Morgan fingerprint density at radius 3 is 2.71 bits per heavy atom. The van der Waals surface area contributed by atoms with Crippen molar-refractivity contribution < 1.29 is 4.74 Å². The van der Waals surface area contributed by atoms with Crippen LogP contribution in [0.4, 0.5) is 5.69 Å². The fourth-order valence-corrected chi connectivity index (χ4v) is 1.59. The number of nitrogens with two attached hydrogens (primary N) is 1. The van der Waals surface area contributed by atoms with Crippen molar-refractivity contribution in [2.75, 3.05) is 12.8 Å². The first kappa shape index (κ1) is 11.4. The Balaban J connectivity index is 2.46. The lowest BCUT2D eigenvalue weighted by Crippen LogP contribution is -2.05. The van der Waals surface area contributed by atoms with Gasteiger partial charge in [0, 0.05) is 5.92 Å². The fraction of sp³-hybridized carbons (Fsp3) is 0.364. The smallest absolute Gasteiger partial charge is 0.159 e. The number of tetrazole rings is 1. The highest BCUT2D eigenvalue weighted by atomic mass is 16.5. The molecule has 90 valence electrons. The normalized spacial score (nSPS) is 10.8. The zero-order valence-electron chi connectivity index (χ0n) is 10.1. The first-order chi connectivity index (χ1) is 8.13. The monoisotopic (exact) mass is 233 g/mol. The molecule has 0 aliphatic heterocycles. The van der Waals surface area contributed by atoms with Gasteiger partial charge in [-0.2, -0.15) is 4.68 Å². The van der Waals surface area contributed by atoms with Crippen LogP contribution in [-0.4, -0.2) is 27.3 Å². The average Bonchev–Trinajstić information content (AvgIpc) is 2.77. The number of methoxy groups -OCH3 is 1. The Morgan fingerprint density at radius 2 is 2.12 bits per heavy atom. The molecule has 1 aromatic heterocycles. The second-order valence-corrected chi connectivity index (χ2v) is 4.03. The topological polar surface area (TPSA) is 78.8 Å². The Morgan fingerprint density at radius 1 is 1.35 bits per heavy atom. The van der Waals surface area contributed by atoms with Crippen molar-refractivity contribution in [1.82, 2.24) is 20.2 Å². The summed E-state index contributed by atoms with van der Waals surface area (Å²) in [6.07, 6.45) is 0. The van der Waals surface area contributed by atoms with Crippen molar-refractivity contribution in [2.24, 2.45) is 0 Å². The SMILES string of the molecule is COc1ccc(-n2nnnc2C(C)C)cc1N. The Bertz CT molecular complexity index is 520. The van der Waals surface area contributed by atoms with Crippen LogP contribution in [0.5, 0.6) is 5.75 Å². The third kappa shape index (κ3) is 2.06. The summed E-state index contributed by atoms with van der Waals surface area (Å²) in [4.78, 5) is 0. The molecular weight excluding hydrogens is 218 g/mol. The molecule has 0 atom stereocenters. The number of rotatable bonds is 3. The van der Waals surface area contributed by atoms with Crippen LogP contribution in [0.15, 0.2) is 18.2 Å². The quantitative estimate of drug-likeness (QED) is 0.810. The van der Waals surface area contributed by atoms with Crippen LogP contribution in [-0.2, 0) is 0 Å². The van der Waals surface area contributed by atoms with Gasteiger partial charge in [-0.15, -0.1) is 5.10 Å². The highest BCUT2D eigenvalue weighted by molar-refractivity contribution is 5.58. The van der Waals surface area contributed by atoms with Crippen molar-refractivity contribution in [2.45, 2.75) is 19.8 Å². The summed E-state index contributed by atoms with van der Waals surface area (Å²) < 4.78 is 6.79. The molecule has 0 bridgehead atoms. The number of hydrogen-bond donors (Lipinski definition) is 1. The second kappa shape index (κ2) is 4.40. The van der Waals surface area contributed by atoms with E-state index in [1.807, 2.05) is 19.9 Å². The van der Waals surface area contributed by atoms with Crippen LogP contribution in [0, 0.1) is 0 Å². The minimum Gasteiger partial charge on any atom is -0.495 e. The Labute approximate surface area is 99.4 Å². The van der Waals surface area contributed by atoms with E-state index in [1.54, 1.807) is 23.9 Å². The third-order valence-electron chi connectivity index (χ3n) is 2.47. The number of benzene rings is 1. The average molecular weight is 233 g/mol. The van der Waals surface area contributed by atoms with E-state index in [2.05, 4.69) is 15.5 Å². The maximum Gasteiger partial charge on any atom is 0.159 e. The largest absolute Gasteiger partial charge is 0.495 e. The molecule has 6 heteroatoms. The van der Waals surface area contributed by atoms with E-state index in [0.29, 0.717) is 11.4 Å². The molecule has 0 saturated carbocycles. The maximum absolute atomic E-state index is 5.86. The molecule has 2 N–H and O–H groups in total. The Kier molecular flexibility index (Phi) is 2.95. The molecule has 0 amide bonds. The van der Waals surface area contributed by atoms with Crippen molar-refractivity contribution in [3.05, 3.63) is 24.0 Å². The summed E-state index contributed by atoms with van der Waals surface area (Å²) in [5.41, 5.74) is 7.25. The molecule has 0 unspecified atom stereocenters. The highest BCUT2D eigenvalue weighted by Gasteiger charge is 2.12. The molecule has 0 radical (unpaired) electrons. The van der Waals surface area contributed by atoms with Crippen LogP contribution in [0.2, 0.25) is 0 Å². The first-order valence-corrected chi connectivity index (χ1v) is 5.35. The molecule has 0 fully saturated rings. The van der Waals surface area contributed by atoms with Crippen LogP contribution in [0.3, 0.4) is 0 Å². The van der Waals surface area contributed by atoms with E-state index in [1.165, 1.54) is 0 Å². The van der Waals surface area contributed by atoms with E-state index < -0.39 is 0 Å². The molecule has 0 aliphatic carbocycles. The lowest BCUT2D eigenvalue weighted by molar-refractivity contribution is 0.417. The lowest BCUT2D eigenvalue weighted by Gasteiger charge is -2.09. The Hall–Kier alpha value is -2.11. The van der Waals surface area contributed by atoms with Crippen LogP contribution < -0.4 is 10.5 Å². The van der Waals surface area contributed by atoms with E-state index in [-0.39, 0.29) is 5.92 Å². The molecule has 0 aliphatic rings. The molecule has 1 heterocycles. The molecule has 0 saturated heterocycles. The summed E-state index contributed by atoms with van der Waals surface area (Å²) in [5, 5.41) is 11.6. The second-order valence-electron chi connectivity index (χ2n) is 4.03. The standard InChI is InChI=1S/C11H15N5O/c1-7(2)11-13-14-15-16(11)8-4-5-10(17-3)9(12)6-8/h4-7H,12H2,1-3H3. The predicted molar refractivity (Wildman–Crippen MR) is 64.2 cm³/mol. The summed E-state index contributed by atoms with van der Waals surface area (Å²) >= 11 is 0. The summed E-state index contributed by atoms with van der Waals surface area (Å²) in [5.74, 6) is 1.69. The van der Waals surface area contributed by atoms with Gasteiger partial charge in [0.05, 0.1) is 18.5 Å². The molecule has 17 heavy (non-hydrogen) atoms. The van der Waals surface area contributed by atoms with Crippen LogP contribution in [0.1, 0.15) is 25.6 Å². The van der Waals surface area contributed by atoms with Gasteiger partial charge < -0.3 is 10.5 Å². The van der Waals surface area contributed by atoms with Crippen molar-refractivity contribution >= 4 is 5.69 Å². The van der Waals surface area contributed by atoms with Gasteiger partial charge in [-0.1, -0.05) is 13.8 Å². The van der Waals surface area contributed by atoms with Crippen molar-refractivity contribution in [1.29, 1.82) is 0 Å². The van der Waals surface area contributed by atoms with E-state index in [4.69, 9.17) is 10.5 Å². The highest BCUT2D eigenvalue weighted by Crippen LogP contribution is 2.24. The predicted octanol–water partition coefficient (Wildman–Crippen LogP) is 1.38. The zero-order chi connectivity index (χ0) is 12.4. The van der Waals surface area contributed by atoms with Gasteiger partial charge in [0.25, 0.3) is 0 Å². The number of nitrogen functional groups attached to an aromatic ring is 1. The molecule has 6 nitrogen and oxygen atoms in total. The van der Waals surface area contributed by atoms with E-state index >= 15 is 0 Å². The summed E-state index contributed by atoms with van der Waals surface area (Å²) in [6, 6.07) is 5.47.